The Morgan fingerprint density at radius 1 is 1.40 bits per heavy atom. The van der Waals surface area contributed by atoms with Crippen LogP contribution in [0.2, 0.25) is 0 Å². The number of benzene rings is 1. The molecule has 1 aliphatic rings. The van der Waals surface area contributed by atoms with Crippen LogP contribution in [0, 0.1) is 0 Å². The van der Waals surface area contributed by atoms with E-state index < -0.39 is 0 Å². The lowest BCUT2D eigenvalue weighted by Crippen LogP contribution is -2.08. The number of nitrogens with zero attached hydrogens (tertiary/aromatic N) is 1. The maximum atomic E-state index is 3.34. The zero-order valence-corrected chi connectivity index (χ0v) is 6.93. The molecule has 0 aliphatic carbocycles. The van der Waals surface area contributed by atoms with E-state index in [-0.39, 0.29) is 0 Å². The molecule has 0 atom stereocenters. The van der Waals surface area contributed by atoms with Gasteiger partial charge in [0.1, 0.15) is 0 Å². The Bertz CT molecular complexity index is 224. The maximum Gasteiger partial charge on any atom is 0.0569 e. The average molecular weight is 199 g/mol. The van der Waals surface area contributed by atoms with Crippen LogP contribution in [0.5, 0.6) is 0 Å². The standard InChI is InChI=1S/C7H7BrN2/c8-10-5-6-3-1-2-4-7(6)9-10/h1-4,9H,5H2. The monoisotopic (exact) mass is 198 g/mol. The second kappa shape index (κ2) is 2.25. The molecular formula is C7H7BrN2. The number of halogens is 1. The molecule has 3 heteroatoms. The summed E-state index contributed by atoms with van der Waals surface area (Å²) in [5.74, 6) is 0. The first-order chi connectivity index (χ1) is 4.86. The molecule has 1 aromatic rings. The number of hydrogen-bond acceptors (Lipinski definition) is 2. The second-order valence-electron chi connectivity index (χ2n) is 2.29. The van der Waals surface area contributed by atoms with E-state index in [1.807, 2.05) is 16.2 Å². The summed E-state index contributed by atoms with van der Waals surface area (Å²) in [6, 6.07) is 8.25. The first-order valence-corrected chi connectivity index (χ1v) is 3.85. The molecule has 0 fully saturated rings. The zero-order valence-electron chi connectivity index (χ0n) is 5.34. The highest BCUT2D eigenvalue weighted by Gasteiger charge is 2.13. The number of hydrazine groups is 1. The molecule has 0 amide bonds. The number of fused-ring (bicyclic) bond motifs is 1. The van der Waals surface area contributed by atoms with Gasteiger partial charge in [0.15, 0.2) is 0 Å². The van der Waals surface area contributed by atoms with Crippen LogP contribution in [0.1, 0.15) is 5.56 Å². The molecule has 10 heavy (non-hydrogen) atoms. The minimum Gasteiger partial charge on any atom is -0.308 e. The Morgan fingerprint density at radius 3 is 3.00 bits per heavy atom. The van der Waals surface area contributed by atoms with Crippen molar-refractivity contribution in [3.8, 4) is 0 Å². The number of nitrogens with one attached hydrogen (secondary N) is 1. The Kier molecular flexibility index (Phi) is 1.39. The van der Waals surface area contributed by atoms with Crippen LogP contribution in [0.25, 0.3) is 0 Å². The minimum absolute atomic E-state index is 0.927. The lowest BCUT2D eigenvalue weighted by molar-refractivity contribution is 0.613. The van der Waals surface area contributed by atoms with Crippen LogP contribution >= 0.6 is 16.1 Å². The van der Waals surface area contributed by atoms with Gasteiger partial charge in [-0.1, -0.05) is 18.2 Å². The van der Waals surface area contributed by atoms with Gasteiger partial charge in [-0.05, 0) is 11.6 Å². The molecule has 0 saturated heterocycles. The third-order valence-corrected chi connectivity index (χ3v) is 2.00. The Balaban J connectivity index is 2.42. The number of para-hydroxylation sites is 1. The van der Waals surface area contributed by atoms with Gasteiger partial charge >= 0.3 is 0 Å². The van der Waals surface area contributed by atoms with Crippen molar-refractivity contribution >= 4 is 21.8 Å². The van der Waals surface area contributed by atoms with Gasteiger partial charge in [0.25, 0.3) is 0 Å². The normalized spacial score (nSPS) is 16.5. The number of anilines is 1. The number of rotatable bonds is 0. The highest BCUT2D eigenvalue weighted by Crippen LogP contribution is 2.25. The van der Waals surface area contributed by atoms with Gasteiger partial charge < -0.3 is 5.43 Å². The van der Waals surface area contributed by atoms with Gasteiger partial charge in [-0.2, -0.15) is 4.03 Å². The topological polar surface area (TPSA) is 15.3 Å². The summed E-state index contributed by atoms with van der Waals surface area (Å²) in [7, 11) is 0. The number of hydrogen-bond donors (Lipinski definition) is 1. The fraction of sp³-hybridized carbons (Fsp3) is 0.143. The van der Waals surface area contributed by atoms with E-state index >= 15 is 0 Å². The smallest absolute Gasteiger partial charge is 0.0569 e. The van der Waals surface area contributed by atoms with Gasteiger partial charge in [0.2, 0.25) is 0 Å². The van der Waals surface area contributed by atoms with Crippen LogP contribution in [-0.2, 0) is 6.54 Å². The predicted molar refractivity (Wildman–Crippen MR) is 44.5 cm³/mol. The van der Waals surface area contributed by atoms with Crippen molar-refractivity contribution in [3.05, 3.63) is 29.8 Å². The molecule has 2 nitrogen and oxygen atoms in total. The quantitative estimate of drug-likeness (QED) is 0.644. The van der Waals surface area contributed by atoms with Crippen molar-refractivity contribution in [1.82, 2.24) is 4.03 Å². The highest BCUT2D eigenvalue weighted by molar-refractivity contribution is 9.07. The molecule has 2 rings (SSSR count). The first-order valence-electron chi connectivity index (χ1n) is 3.14. The summed E-state index contributed by atoms with van der Waals surface area (Å²) in [6.07, 6.45) is 0. The van der Waals surface area contributed by atoms with Gasteiger partial charge in [-0.3, -0.25) is 0 Å². The zero-order chi connectivity index (χ0) is 6.97. The van der Waals surface area contributed by atoms with E-state index in [1.54, 1.807) is 0 Å². The van der Waals surface area contributed by atoms with Gasteiger partial charge in [0.05, 0.1) is 12.2 Å². The van der Waals surface area contributed by atoms with Crippen molar-refractivity contribution in [3.63, 3.8) is 0 Å². The summed E-state index contributed by atoms with van der Waals surface area (Å²) < 4.78 is 1.89. The summed E-state index contributed by atoms with van der Waals surface area (Å²) in [6.45, 7) is 0.927. The predicted octanol–water partition coefficient (Wildman–Crippen LogP) is 2.14. The molecule has 0 aromatic heterocycles. The van der Waals surface area contributed by atoms with Crippen molar-refractivity contribution < 1.29 is 0 Å². The minimum atomic E-state index is 0.927. The largest absolute Gasteiger partial charge is 0.308 e. The van der Waals surface area contributed by atoms with E-state index in [1.165, 1.54) is 11.3 Å². The molecular weight excluding hydrogens is 192 g/mol. The SMILES string of the molecule is BrN1Cc2ccccc2N1. The molecule has 0 saturated carbocycles. The molecule has 52 valence electrons. The van der Waals surface area contributed by atoms with Gasteiger partial charge in [0, 0.05) is 16.1 Å². The van der Waals surface area contributed by atoms with Crippen molar-refractivity contribution in [2.24, 2.45) is 0 Å². The Hall–Kier alpha value is -0.540. The van der Waals surface area contributed by atoms with Crippen LogP contribution in [0.4, 0.5) is 5.69 Å². The lowest BCUT2D eigenvalue weighted by Gasteiger charge is -2.02. The fourth-order valence-electron chi connectivity index (χ4n) is 1.09. The molecule has 0 unspecified atom stereocenters. The van der Waals surface area contributed by atoms with Crippen molar-refractivity contribution in [2.45, 2.75) is 6.54 Å². The maximum absolute atomic E-state index is 3.34. The van der Waals surface area contributed by atoms with Crippen molar-refractivity contribution in [2.75, 3.05) is 5.43 Å². The average Bonchev–Trinajstić information content (AvgIpc) is 2.27. The third-order valence-electron chi connectivity index (χ3n) is 1.57. The molecule has 1 aliphatic heterocycles. The fourth-order valence-corrected chi connectivity index (χ4v) is 1.55. The molecule has 0 bridgehead atoms. The van der Waals surface area contributed by atoms with Crippen LogP contribution in [0.15, 0.2) is 24.3 Å². The summed E-state index contributed by atoms with van der Waals surface area (Å²) in [4.78, 5) is 0. The molecule has 1 heterocycles. The molecule has 0 spiro atoms. The van der Waals surface area contributed by atoms with Crippen LogP contribution < -0.4 is 5.43 Å². The Labute approximate surface area is 68.1 Å². The van der Waals surface area contributed by atoms with Gasteiger partial charge in [-0.15, -0.1) is 0 Å². The van der Waals surface area contributed by atoms with E-state index in [9.17, 15) is 0 Å². The van der Waals surface area contributed by atoms with E-state index in [0.717, 1.165) is 6.54 Å². The summed E-state index contributed by atoms with van der Waals surface area (Å²) in [5.41, 5.74) is 5.67. The van der Waals surface area contributed by atoms with Crippen molar-refractivity contribution in [1.29, 1.82) is 0 Å². The third kappa shape index (κ3) is 0.914. The Morgan fingerprint density at radius 2 is 2.20 bits per heavy atom. The highest BCUT2D eigenvalue weighted by atomic mass is 79.9. The van der Waals surface area contributed by atoms with Gasteiger partial charge in [-0.25, -0.2) is 0 Å². The van der Waals surface area contributed by atoms with Crippen LogP contribution in [-0.4, -0.2) is 4.03 Å². The van der Waals surface area contributed by atoms with E-state index in [0.29, 0.717) is 0 Å². The van der Waals surface area contributed by atoms with Crippen LogP contribution in [0.3, 0.4) is 0 Å². The molecule has 0 radical (unpaired) electrons. The first kappa shape index (κ1) is 6.19. The summed E-state index contributed by atoms with van der Waals surface area (Å²) in [5, 5.41) is 0. The van der Waals surface area contributed by atoms with E-state index in [4.69, 9.17) is 0 Å². The lowest BCUT2D eigenvalue weighted by atomic mass is 10.2. The molecule has 1 N–H and O–H groups in total. The molecule has 1 aromatic carbocycles. The summed E-state index contributed by atoms with van der Waals surface area (Å²) >= 11 is 3.34. The second-order valence-corrected chi connectivity index (χ2v) is 3.15. The van der Waals surface area contributed by atoms with E-state index in [2.05, 4.69) is 33.7 Å².